The second-order valence-corrected chi connectivity index (χ2v) is 5.38. The lowest BCUT2D eigenvalue weighted by Gasteiger charge is -2.12. The molecule has 1 heterocycles. The molecule has 4 rings (SSSR count). The van der Waals surface area contributed by atoms with Gasteiger partial charge in [-0.05, 0) is 37.0 Å². The molecular weight excluding hydrogens is 242 g/mol. The lowest BCUT2D eigenvalue weighted by atomic mass is 10.1. The lowest BCUT2D eigenvalue weighted by Crippen LogP contribution is -1.97. The molecule has 0 saturated heterocycles. The van der Waals surface area contributed by atoms with Crippen molar-refractivity contribution in [3.63, 3.8) is 0 Å². The molecule has 3 aromatic rings. The van der Waals surface area contributed by atoms with Crippen molar-refractivity contribution in [2.45, 2.75) is 19.3 Å². The summed E-state index contributed by atoms with van der Waals surface area (Å²) >= 11 is 0. The van der Waals surface area contributed by atoms with E-state index in [1.165, 1.54) is 47.1 Å². The molecule has 98 valence electrons. The zero-order valence-corrected chi connectivity index (χ0v) is 11.4. The van der Waals surface area contributed by atoms with E-state index in [9.17, 15) is 0 Å². The van der Waals surface area contributed by atoms with Crippen LogP contribution in [0.2, 0.25) is 0 Å². The van der Waals surface area contributed by atoms with E-state index in [1.807, 2.05) is 0 Å². The highest BCUT2D eigenvalue weighted by Gasteiger charge is 2.15. The highest BCUT2D eigenvalue weighted by molar-refractivity contribution is 5.90. The van der Waals surface area contributed by atoms with Crippen LogP contribution < -0.4 is 0 Å². The first-order valence-electron chi connectivity index (χ1n) is 7.29. The molecule has 0 saturated carbocycles. The summed E-state index contributed by atoms with van der Waals surface area (Å²) in [4.78, 5) is 0. The number of benzene rings is 2. The van der Waals surface area contributed by atoms with Crippen LogP contribution in [0.3, 0.4) is 0 Å². The van der Waals surface area contributed by atoms with Crippen molar-refractivity contribution in [1.82, 2.24) is 4.57 Å². The fourth-order valence-corrected chi connectivity index (χ4v) is 3.14. The summed E-state index contributed by atoms with van der Waals surface area (Å²) < 4.78 is 2.44. The normalized spacial score (nSPS) is 14.7. The minimum absolute atomic E-state index is 1.18. The molecule has 0 atom stereocenters. The van der Waals surface area contributed by atoms with Crippen molar-refractivity contribution in [2.24, 2.45) is 0 Å². The van der Waals surface area contributed by atoms with Crippen LogP contribution in [0, 0.1) is 0 Å². The molecule has 0 amide bonds. The van der Waals surface area contributed by atoms with Crippen molar-refractivity contribution in [3.05, 3.63) is 66.7 Å². The van der Waals surface area contributed by atoms with Crippen LogP contribution in [0.4, 0.5) is 0 Å². The largest absolute Gasteiger partial charge is 0.313 e. The number of hydrogen-bond donors (Lipinski definition) is 0. The smallest absolute Gasteiger partial charge is 0.0537 e. The molecule has 1 aliphatic carbocycles. The number of para-hydroxylation sites is 1. The zero-order chi connectivity index (χ0) is 13.4. The summed E-state index contributed by atoms with van der Waals surface area (Å²) in [5.41, 5.74) is 5.36. The molecule has 1 heteroatoms. The number of hydrogen-bond acceptors (Lipinski definition) is 0. The maximum Gasteiger partial charge on any atom is 0.0537 e. The molecule has 1 aliphatic rings. The first-order chi connectivity index (χ1) is 9.93. The summed E-state index contributed by atoms with van der Waals surface area (Å²) in [5.74, 6) is 0. The van der Waals surface area contributed by atoms with Gasteiger partial charge in [-0.2, -0.15) is 0 Å². The Morgan fingerprint density at radius 3 is 2.45 bits per heavy atom. The Balaban J connectivity index is 2.02. The average Bonchev–Trinajstić information content (AvgIpc) is 3.14. The highest BCUT2D eigenvalue weighted by Crippen LogP contribution is 2.34. The van der Waals surface area contributed by atoms with Gasteiger partial charge in [0.2, 0.25) is 0 Å². The first kappa shape index (κ1) is 11.5. The van der Waals surface area contributed by atoms with Crippen molar-refractivity contribution in [3.8, 4) is 11.3 Å². The summed E-state index contributed by atoms with van der Waals surface area (Å²) in [6.07, 6.45) is 6.05. The number of aromatic nitrogens is 1. The quantitative estimate of drug-likeness (QED) is 0.586. The lowest BCUT2D eigenvalue weighted by molar-refractivity contribution is 0.913. The van der Waals surface area contributed by atoms with Gasteiger partial charge < -0.3 is 4.57 Å². The standard InChI is InChI=1S/C19H17N/c1-2-8-15(9-3-1)19-14-16-10-4-7-13-18(16)20(19)17-11-5-6-12-17/h1-4,7-11,13-14H,5-6,12H2. The summed E-state index contributed by atoms with van der Waals surface area (Å²) in [6.45, 7) is 0. The minimum Gasteiger partial charge on any atom is -0.313 e. The van der Waals surface area contributed by atoms with E-state index >= 15 is 0 Å². The fourth-order valence-electron chi connectivity index (χ4n) is 3.14. The van der Waals surface area contributed by atoms with Gasteiger partial charge in [0.1, 0.15) is 0 Å². The van der Waals surface area contributed by atoms with Crippen LogP contribution in [0.1, 0.15) is 19.3 Å². The zero-order valence-electron chi connectivity index (χ0n) is 11.4. The van der Waals surface area contributed by atoms with Crippen molar-refractivity contribution < 1.29 is 0 Å². The van der Waals surface area contributed by atoms with Gasteiger partial charge in [-0.3, -0.25) is 0 Å². The third-order valence-electron chi connectivity index (χ3n) is 4.08. The average molecular weight is 259 g/mol. The SMILES string of the molecule is C1=C(n2c(-c3ccccc3)cc3ccccc32)CCC1. The van der Waals surface area contributed by atoms with Crippen molar-refractivity contribution >= 4 is 16.6 Å². The van der Waals surface area contributed by atoms with Gasteiger partial charge in [-0.25, -0.2) is 0 Å². The molecule has 20 heavy (non-hydrogen) atoms. The molecule has 0 spiro atoms. The van der Waals surface area contributed by atoms with Crippen LogP contribution >= 0.6 is 0 Å². The van der Waals surface area contributed by atoms with E-state index in [2.05, 4.69) is 71.3 Å². The predicted molar refractivity (Wildman–Crippen MR) is 85.5 cm³/mol. The van der Waals surface area contributed by atoms with Crippen LogP contribution in [0.15, 0.2) is 66.7 Å². The Hall–Kier alpha value is -2.28. The highest BCUT2D eigenvalue weighted by atomic mass is 15.0. The predicted octanol–water partition coefficient (Wildman–Crippen LogP) is 5.33. The Labute approximate surface area is 119 Å². The van der Waals surface area contributed by atoms with Crippen LogP contribution in [-0.2, 0) is 0 Å². The monoisotopic (exact) mass is 259 g/mol. The third kappa shape index (κ3) is 1.78. The van der Waals surface area contributed by atoms with Gasteiger partial charge in [-0.1, -0.05) is 54.6 Å². The fraction of sp³-hybridized carbons (Fsp3) is 0.158. The molecule has 0 aliphatic heterocycles. The second kappa shape index (κ2) is 4.68. The molecule has 0 bridgehead atoms. The number of fused-ring (bicyclic) bond motifs is 1. The minimum atomic E-state index is 1.18. The number of nitrogens with zero attached hydrogens (tertiary/aromatic N) is 1. The topological polar surface area (TPSA) is 4.93 Å². The van der Waals surface area contributed by atoms with Gasteiger partial charge in [0, 0.05) is 11.1 Å². The van der Waals surface area contributed by atoms with E-state index in [1.54, 1.807) is 0 Å². The molecule has 2 aromatic carbocycles. The number of rotatable bonds is 2. The van der Waals surface area contributed by atoms with Crippen LogP contribution in [0.5, 0.6) is 0 Å². The first-order valence-corrected chi connectivity index (χ1v) is 7.29. The molecule has 0 radical (unpaired) electrons. The maximum absolute atomic E-state index is 2.44. The molecule has 0 unspecified atom stereocenters. The molecule has 0 N–H and O–H groups in total. The van der Waals surface area contributed by atoms with Crippen LogP contribution in [0.25, 0.3) is 27.9 Å². The number of allylic oxidation sites excluding steroid dienone is 2. The molecular formula is C19H17N. The van der Waals surface area contributed by atoms with E-state index in [0.29, 0.717) is 0 Å². The van der Waals surface area contributed by atoms with Gasteiger partial charge in [0.05, 0.1) is 11.2 Å². The Morgan fingerprint density at radius 2 is 1.65 bits per heavy atom. The van der Waals surface area contributed by atoms with Gasteiger partial charge >= 0.3 is 0 Å². The summed E-state index contributed by atoms with van der Waals surface area (Å²) in [6, 6.07) is 21.7. The Morgan fingerprint density at radius 1 is 0.850 bits per heavy atom. The maximum atomic E-state index is 2.44. The van der Waals surface area contributed by atoms with Gasteiger partial charge in [0.15, 0.2) is 0 Å². The van der Waals surface area contributed by atoms with Gasteiger partial charge in [-0.15, -0.1) is 0 Å². The summed E-state index contributed by atoms with van der Waals surface area (Å²) in [5, 5.41) is 1.32. The second-order valence-electron chi connectivity index (χ2n) is 5.38. The van der Waals surface area contributed by atoms with Crippen molar-refractivity contribution in [2.75, 3.05) is 0 Å². The van der Waals surface area contributed by atoms with E-state index in [4.69, 9.17) is 0 Å². The van der Waals surface area contributed by atoms with Crippen molar-refractivity contribution in [1.29, 1.82) is 0 Å². The molecule has 1 aromatic heterocycles. The van der Waals surface area contributed by atoms with Gasteiger partial charge in [0.25, 0.3) is 0 Å². The van der Waals surface area contributed by atoms with E-state index in [0.717, 1.165) is 0 Å². The Kier molecular flexibility index (Phi) is 2.70. The molecule has 0 fully saturated rings. The Bertz CT molecular complexity index is 778. The van der Waals surface area contributed by atoms with Crippen LogP contribution in [-0.4, -0.2) is 4.57 Å². The third-order valence-corrected chi connectivity index (χ3v) is 4.08. The van der Waals surface area contributed by atoms with E-state index < -0.39 is 0 Å². The molecule has 1 nitrogen and oxygen atoms in total. The van der Waals surface area contributed by atoms with E-state index in [-0.39, 0.29) is 0 Å². The summed E-state index contributed by atoms with van der Waals surface area (Å²) in [7, 11) is 0.